The second-order valence-electron chi connectivity index (χ2n) is 2.76. The highest BCUT2D eigenvalue weighted by Gasteiger charge is 2.02. The van der Waals surface area contributed by atoms with Crippen molar-refractivity contribution in [2.45, 2.75) is 5.33 Å². The molecule has 0 aliphatic carbocycles. The average molecular weight is 265 g/mol. The Hall–Kier alpha value is -1.65. The molecule has 0 unspecified atom stereocenters. The molecule has 0 heterocycles. The molecule has 4 heteroatoms. The van der Waals surface area contributed by atoms with Gasteiger partial charge in [0.2, 0.25) is 0 Å². The quantitative estimate of drug-likeness (QED) is 0.609. The molecular weight excluding hydrogens is 259 g/mol. The number of benzene rings is 1. The van der Waals surface area contributed by atoms with Crippen LogP contribution >= 0.6 is 15.9 Å². The SMILES string of the molecule is N#CC(C#N)=Cc1ccc(F)cc1CBr. The Morgan fingerprint density at radius 2 is 2.07 bits per heavy atom. The lowest BCUT2D eigenvalue weighted by molar-refractivity contribution is 0.626. The molecule has 0 atom stereocenters. The van der Waals surface area contributed by atoms with Crippen LogP contribution in [0.15, 0.2) is 23.8 Å². The van der Waals surface area contributed by atoms with Gasteiger partial charge in [0.05, 0.1) is 0 Å². The number of rotatable bonds is 2. The van der Waals surface area contributed by atoms with Crippen molar-refractivity contribution < 1.29 is 4.39 Å². The molecule has 0 N–H and O–H groups in total. The smallest absolute Gasteiger partial charge is 0.130 e. The Morgan fingerprint density at radius 1 is 1.40 bits per heavy atom. The second kappa shape index (κ2) is 5.29. The minimum absolute atomic E-state index is 0.00353. The van der Waals surface area contributed by atoms with Crippen LogP contribution < -0.4 is 0 Å². The summed E-state index contributed by atoms with van der Waals surface area (Å²) in [6, 6.07) is 7.72. The van der Waals surface area contributed by atoms with Crippen LogP contribution in [0.1, 0.15) is 11.1 Å². The third kappa shape index (κ3) is 2.90. The van der Waals surface area contributed by atoms with Crippen LogP contribution in [0.3, 0.4) is 0 Å². The van der Waals surface area contributed by atoms with Gasteiger partial charge in [-0.2, -0.15) is 10.5 Å². The second-order valence-corrected chi connectivity index (χ2v) is 3.32. The summed E-state index contributed by atoms with van der Waals surface area (Å²) in [5.41, 5.74) is 1.38. The van der Waals surface area contributed by atoms with Gasteiger partial charge in [0.15, 0.2) is 0 Å². The first kappa shape index (κ1) is 11.4. The highest BCUT2D eigenvalue weighted by molar-refractivity contribution is 9.08. The van der Waals surface area contributed by atoms with E-state index in [1.165, 1.54) is 18.2 Å². The van der Waals surface area contributed by atoms with Crippen molar-refractivity contribution in [3.63, 3.8) is 0 Å². The summed E-state index contributed by atoms with van der Waals surface area (Å²) >= 11 is 3.21. The summed E-state index contributed by atoms with van der Waals surface area (Å²) in [6.07, 6.45) is 1.44. The lowest BCUT2D eigenvalue weighted by Crippen LogP contribution is -1.87. The monoisotopic (exact) mass is 264 g/mol. The molecule has 1 aromatic carbocycles. The van der Waals surface area contributed by atoms with Crippen molar-refractivity contribution in [3.05, 3.63) is 40.7 Å². The van der Waals surface area contributed by atoms with Crippen LogP contribution in [0.5, 0.6) is 0 Å². The van der Waals surface area contributed by atoms with Crippen LogP contribution in [-0.2, 0) is 5.33 Å². The van der Waals surface area contributed by atoms with E-state index in [-0.39, 0.29) is 11.4 Å². The number of allylic oxidation sites excluding steroid dienone is 1. The van der Waals surface area contributed by atoms with Crippen molar-refractivity contribution in [1.29, 1.82) is 10.5 Å². The van der Waals surface area contributed by atoms with E-state index in [4.69, 9.17) is 10.5 Å². The zero-order chi connectivity index (χ0) is 11.3. The maximum Gasteiger partial charge on any atom is 0.130 e. The van der Waals surface area contributed by atoms with Crippen molar-refractivity contribution in [2.24, 2.45) is 0 Å². The molecule has 1 rings (SSSR count). The number of alkyl halides is 1. The molecule has 0 spiro atoms. The van der Waals surface area contributed by atoms with Gasteiger partial charge in [-0.15, -0.1) is 0 Å². The lowest BCUT2D eigenvalue weighted by Gasteiger charge is -2.01. The maximum absolute atomic E-state index is 12.9. The topological polar surface area (TPSA) is 47.6 Å². The van der Waals surface area contributed by atoms with Gasteiger partial charge >= 0.3 is 0 Å². The van der Waals surface area contributed by atoms with E-state index in [0.717, 1.165) is 0 Å². The number of hydrogen-bond acceptors (Lipinski definition) is 2. The van der Waals surface area contributed by atoms with E-state index in [2.05, 4.69) is 15.9 Å². The van der Waals surface area contributed by atoms with Gasteiger partial charge in [0.1, 0.15) is 23.5 Å². The van der Waals surface area contributed by atoms with E-state index >= 15 is 0 Å². The maximum atomic E-state index is 12.9. The standard InChI is InChI=1S/C11H6BrFN2/c12-5-10-4-11(13)2-1-9(10)3-8(6-14)7-15/h1-4H,5H2. The van der Waals surface area contributed by atoms with E-state index in [0.29, 0.717) is 16.5 Å². The number of nitriles is 2. The van der Waals surface area contributed by atoms with Gasteiger partial charge in [0.25, 0.3) is 0 Å². The predicted molar refractivity (Wildman–Crippen MR) is 58.2 cm³/mol. The molecular formula is C11H6BrFN2. The van der Waals surface area contributed by atoms with Crippen LogP contribution in [-0.4, -0.2) is 0 Å². The lowest BCUT2D eigenvalue weighted by atomic mass is 10.1. The molecule has 0 fully saturated rings. The van der Waals surface area contributed by atoms with E-state index in [9.17, 15) is 4.39 Å². The Labute approximate surface area is 95.4 Å². The first-order chi connectivity index (χ1) is 7.21. The van der Waals surface area contributed by atoms with Gasteiger partial charge in [-0.25, -0.2) is 4.39 Å². The Bertz CT molecular complexity index is 464. The van der Waals surface area contributed by atoms with Crippen LogP contribution in [0.2, 0.25) is 0 Å². The zero-order valence-corrected chi connectivity index (χ0v) is 9.25. The number of nitrogens with zero attached hydrogens (tertiary/aromatic N) is 2. The molecule has 0 radical (unpaired) electrons. The fraction of sp³-hybridized carbons (Fsp3) is 0.0909. The Balaban J connectivity index is 3.23. The molecule has 0 saturated heterocycles. The third-order valence-corrected chi connectivity index (χ3v) is 2.39. The third-order valence-electron chi connectivity index (χ3n) is 1.79. The van der Waals surface area contributed by atoms with E-state index in [1.807, 2.05) is 0 Å². The molecule has 2 nitrogen and oxygen atoms in total. The molecule has 0 aliphatic heterocycles. The highest BCUT2D eigenvalue weighted by atomic mass is 79.9. The number of halogens is 2. The molecule has 0 aliphatic rings. The fourth-order valence-corrected chi connectivity index (χ4v) is 1.56. The Morgan fingerprint density at radius 3 is 2.60 bits per heavy atom. The van der Waals surface area contributed by atoms with Crippen molar-refractivity contribution in [2.75, 3.05) is 0 Å². The minimum atomic E-state index is -0.336. The van der Waals surface area contributed by atoms with Gasteiger partial charge in [-0.1, -0.05) is 22.0 Å². The van der Waals surface area contributed by atoms with Gasteiger partial charge < -0.3 is 0 Å². The summed E-state index contributed by atoms with van der Waals surface area (Å²) in [4.78, 5) is 0. The van der Waals surface area contributed by atoms with Crippen molar-refractivity contribution >= 4 is 22.0 Å². The predicted octanol–water partition coefficient (Wildman–Crippen LogP) is 3.15. The summed E-state index contributed by atoms with van der Waals surface area (Å²) in [7, 11) is 0. The van der Waals surface area contributed by atoms with Crippen LogP contribution in [0.4, 0.5) is 4.39 Å². The van der Waals surface area contributed by atoms with E-state index in [1.54, 1.807) is 18.2 Å². The summed E-state index contributed by atoms with van der Waals surface area (Å²) in [5, 5.41) is 17.6. The molecule has 0 aromatic heterocycles. The Kier molecular flexibility index (Phi) is 4.03. The van der Waals surface area contributed by atoms with Crippen LogP contribution in [0, 0.1) is 28.5 Å². The largest absolute Gasteiger partial charge is 0.207 e. The molecule has 74 valence electrons. The van der Waals surface area contributed by atoms with E-state index < -0.39 is 0 Å². The normalized spacial score (nSPS) is 8.80. The fourth-order valence-electron chi connectivity index (χ4n) is 1.08. The van der Waals surface area contributed by atoms with Crippen molar-refractivity contribution in [3.8, 4) is 12.1 Å². The molecule has 15 heavy (non-hydrogen) atoms. The molecule has 0 bridgehead atoms. The summed E-state index contributed by atoms with van der Waals surface area (Å²) in [5.74, 6) is -0.336. The highest BCUT2D eigenvalue weighted by Crippen LogP contribution is 2.17. The van der Waals surface area contributed by atoms with Crippen molar-refractivity contribution in [1.82, 2.24) is 0 Å². The minimum Gasteiger partial charge on any atom is -0.207 e. The molecule has 0 saturated carbocycles. The molecule has 1 aromatic rings. The van der Waals surface area contributed by atoms with Gasteiger partial charge in [-0.05, 0) is 29.3 Å². The van der Waals surface area contributed by atoms with Gasteiger partial charge in [-0.3, -0.25) is 0 Å². The summed E-state index contributed by atoms with van der Waals surface area (Å²) in [6.45, 7) is 0. The van der Waals surface area contributed by atoms with Gasteiger partial charge in [0, 0.05) is 5.33 Å². The first-order valence-electron chi connectivity index (χ1n) is 4.07. The average Bonchev–Trinajstić information content (AvgIpc) is 2.27. The molecule has 0 amide bonds. The number of hydrogen-bond donors (Lipinski definition) is 0. The summed E-state index contributed by atoms with van der Waals surface area (Å²) < 4.78 is 12.9. The first-order valence-corrected chi connectivity index (χ1v) is 5.19. The van der Waals surface area contributed by atoms with Crippen LogP contribution in [0.25, 0.3) is 6.08 Å². The zero-order valence-electron chi connectivity index (χ0n) is 7.67.